The second-order valence-electron chi connectivity index (χ2n) is 5.70. The van der Waals surface area contributed by atoms with Crippen LogP contribution in [-0.2, 0) is 12.7 Å². The second kappa shape index (κ2) is 7.36. The summed E-state index contributed by atoms with van der Waals surface area (Å²) in [5, 5.41) is 2.74. The number of benzene rings is 1. The van der Waals surface area contributed by atoms with E-state index in [2.05, 4.69) is 10.3 Å². The summed E-state index contributed by atoms with van der Waals surface area (Å²) in [6.45, 7) is 1.87. The topological polar surface area (TPSA) is 64.0 Å². The first-order valence-electron chi connectivity index (χ1n) is 7.85. The molecule has 0 saturated carbocycles. The van der Waals surface area contributed by atoms with Gasteiger partial charge >= 0.3 is 6.18 Å². The van der Waals surface area contributed by atoms with E-state index >= 15 is 0 Å². The second-order valence-corrected chi connectivity index (χ2v) is 6.68. The standard InChI is InChI=1S/C18H14F3N3O2S/c1-11-15(16(26)22-9-12-5-3-2-4-6-12)27-17(23-11)24-10-13(18(19,20)21)7-8-14(24)25/h2-8,10H,9H2,1H3,(H,22,26). The molecule has 0 aliphatic heterocycles. The van der Waals surface area contributed by atoms with Crippen LogP contribution < -0.4 is 10.9 Å². The van der Waals surface area contributed by atoms with Gasteiger partial charge in [-0.15, -0.1) is 0 Å². The molecular formula is C18H14F3N3O2S. The predicted molar refractivity (Wildman–Crippen MR) is 95.1 cm³/mol. The summed E-state index contributed by atoms with van der Waals surface area (Å²) in [6.07, 6.45) is -3.90. The van der Waals surface area contributed by atoms with Gasteiger partial charge in [0.15, 0.2) is 5.13 Å². The van der Waals surface area contributed by atoms with Gasteiger partial charge in [-0.1, -0.05) is 41.7 Å². The smallest absolute Gasteiger partial charge is 0.347 e. The normalized spacial score (nSPS) is 11.4. The van der Waals surface area contributed by atoms with Crippen molar-refractivity contribution in [3.8, 4) is 5.13 Å². The summed E-state index contributed by atoms with van der Waals surface area (Å²) < 4.78 is 39.5. The van der Waals surface area contributed by atoms with Gasteiger partial charge in [-0.3, -0.25) is 14.2 Å². The summed E-state index contributed by atoms with van der Waals surface area (Å²) in [5.74, 6) is -0.403. The first-order valence-corrected chi connectivity index (χ1v) is 8.67. The summed E-state index contributed by atoms with van der Waals surface area (Å²) in [7, 11) is 0. The summed E-state index contributed by atoms with van der Waals surface area (Å²) in [5.41, 5.74) is -0.384. The Balaban J connectivity index is 1.86. The highest BCUT2D eigenvalue weighted by atomic mass is 32.1. The molecule has 1 amide bonds. The molecule has 27 heavy (non-hydrogen) atoms. The number of thiazole rings is 1. The Bertz CT molecular complexity index is 1030. The van der Waals surface area contributed by atoms with E-state index in [0.717, 1.165) is 27.5 Å². The van der Waals surface area contributed by atoms with E-state index in [1.807, 2.05) is 30.3 Å². The van der Waals surface area contributed by atoms with Crippen LogP contribution in [0.25, 0.3) is 5.13 Å². The molecule has 0 spiro atoms. The number of amides is 1. The number of carbonyl (C=O) groups excluding carboxylic acids is 1. The Kier molecular flexibility index (Phi) is 5.13. The molecule has 5 nitrogen and oxygen atoms in total. The Morgan fingerprint density at radius 2 is 1.89 bits per heavy atom. The van der Waals surface area contributed by atoms with E-state index in [1.54, 1.807) is 6.92 Å². The highest BCUT2D eigenvalue weighted by molar-refractivity contribution is 7.16. The summed E-state index contributed by atoms with van der Waals surface area (Å²) in [4.78, 5) is 28.7. The number of rotatable bonds is 4. The van der Waals surface area contributed by atoms with Crippen molar-refractivity contribution in [1.29, 1.82) is 0 Å². The van der Waals surface area contributed by atoms with Crippen molar-refractivity contribution in [1.82, 2.24) is 14.9 Å². The lowest BCUT2D eigenvalue weighted by Crippen LogP contribution is -2.22. The van der Waals surface area contributed by atoms with Gasteiger partial charge in [-0.05, 0) is 18.6 Å². The molecule has 0 unspecified atom stereocenters. The number of aromatic nitrogens is 2. The highest BCUT2D eigenvalue weighted by Gasteiger charge is 2.31. The van der Waals surface area contributed by atoms with Crippen LogP contribution in [0, 0.1) is 6.92 Å². The van der Waals surface area contributed by atoms with Gasteiger partial charge in [0.05, 0.1) is 11.3 Å². The van der Waals surface area contributed by atoms with Crippen molar-refractivity contribution >= 4 is 17.2 Å². The minimum absolute atomic E-state index is 0.00783. The fourth-order valence-corrected chi connectivity index (χ4v) is 3.32. The third-order valence-electron chi connectivity index (χ3n) is 3.73. The van der Waals surface area contributed by atoms with Gasteiger partial charge in [0, 0.05) is 18.8 Å². The van der Waals surface area contributed by atoms with Gasteiger partial charge in [0.1, 0.15) is 4.88 Å². The zero-order valence-corrected chi connectivity index (χ0v) is 14.9. The molecule has 1 aromatic carbocycles. The number of nitrogens with one attached hydrogen (secondary N) is 1. The maximum atomic E-state index is 12.9. The molecule has 140 valence electrons. The van der Waals surface area contributed by atoms with Gasteiger partial charge < -0.3 is 5.32 Å². The third-order valence-corrected chi connectivity index (χ3v) is 4.89. The number of carbonyl (C=O) groups is 1. The Hall–Kier alpha value is -2.94. The lowest BCUT2D eigenvalue weighted by Gasteiger charge is -2.08. The molecule has 0 aliphatic rings. The minimum Gasteiger partial charge on any atom is -0.347 e. The van der Waals surface area contributed by atoms with Crippen LogP contribution in [0.4, 0.5) is 13.2 Å². The van der Waals surface area contributed by atoms with E-state index in [1.165, 1.54) is 0 Å². The molecule has 0 atom stereocenters. The monoisotopic (exact) mass is 393 g/mol. The van der Waals surface area contributed by atoms with Crippen LogP contribution in [0.5, 0.6) is 0 Å². The third kappa shape index (κ3) is 4.25. The Morgan fingerprint density at radius 3 is 2.56 bits per heavy atom. The largest absolute Gasteiger partial charge is 0.417 e. The first kappa shape index (κ1) is 18.8. The summed E-state index contributed by atoms with van der Waals surface area (Å²) >= 11 is 0.862. The quantitative estimate of drug-likeness (QED) is 0.737. The van der Waals surface area contributed by atoms with Gasteiger partial charge in [0.2, 0.25) is 0 Å². The molecule has 0 aliphatic carbocycles. The maximum Gasteiger partial charge on any atom is 0.417 e. The van der Waals surface area contributed by atoms with Crippen molar-refractivity contribution in [3.05, 3.63) is 80.7 Å². The van der Waals surface area contributed by atoms with Crippen molar-refractivity contribution in [2.75, 3.05) is 0 Å². The van der Waals surface area contributed by atoms with E-state index in [-0.39, 0.29) is 10.0 Å². The van der Waals surface area contributed by atoms with Crippen molar-refractivity contribution in [2.45, 2.75) is 19.6 Å². The van der Waals surface area contributed by atoms with E-state index in [0.29, 0.717) is 24.5 Å². The average molecular weight is 393 g/mol. The minimum atomic E-state index is -4.59. The van der Waals surface area contributed by atoms with Gasteiger partial charge in [0.25, 0.3) is 11.5 Å². The first-order chi connectivity index (χ1) is 12.8. The van der Waals surface area contributed by atoms with Crippen LogP contribution >= 0.6 is 11.3 Å². The lowest BCUT2D eigenvalue weighted by molar-refractivity contribution is -0.138. The molecule has 0 fully saturated rings. The zero-order chi connectivity index (χ0) is 19.6. The molecule has 3 rings (SSSR count). The molecule has 3 aromatic rings. The lowest BCUT2D eigenvalue weighted by atomic mass is 10.2. The van der Waals surface area contributed by atoms with Crippen molar-refractivity contribution < 1.29 is 18.0 Å². The van der Waals surface area contributed by atoms with Crippen molar-refractivity contribution in [3.63, 3.8) is 0 Å². The number of nitrogens with zero attached hydrogens (tertiary/aromatic N) is 2. The van der Waals surface area contributed by atoms with E-state index < -0.39 is 23.2 Å². The van der Waals surface area contributed by atoms with Crippen molar-refractivity contribution in [2.24, 2.45) is 0 Å². The van der Waals surface area contributed by atoms with Crippen LogP contribution in [0.2, 0.25) is 0 Å². The number of hydrogen-bond acceptors (Lipinski definition) is 4. The maximum absolute atomic E-state index is 12.9. The van der Waals surface area contributed by atoms with E-state index in [4.69, 9.17) is 0 Å². The number of halogens is 3. The molecule has 0 bridgehead atoms. The number of aryl methyl sites for hydroxylation is 1. The number of pyridine rings is 1. The number of hydrogen-bond donors (Lipinski definition) is 1. The van der Waals surface area contributed by atoms with Gasteiger partial charge in [-0.2, -0.15) is 13.2 Å². The fourth-order valence-electron chi connectivity index (χ4n) is 2.36. The molecule has 2 heterocycles. The Labute approximate surface area is 156 Å². The van der Waals surface area contributed by atoms with Crippen LogP contribution in [0.15, 0.2) is 53.5 Å². The molecule has 0 radical (unpaired) electrons. The molecular weight excluding hydrogens is 379 g/mol. The van der Waals surface area contributed by atoms with Gasteiger partial charge in [-0.25, -0.2) is 4.98 Å². The molecule has 2 aromatic heterocycles. The number of alkyl halides is 3. The molecule has 0 saturated heterocycles. The molecule has 9 heteroatoms. The van der Waals surface area contributed by atoms with Crippen LogP contribution in [0.3, 0.4) is 0 Å². The molecule has 1 N–H and O–H groups in total. The van der Waals surface area contributed by atoms with Crippen LogP contribution in [0.1, 0.15) is 26.5 Å². The van der Waals surface area contributed by atoms with Crippen LogP contribution in [-0.4, -0.2) is 15.5 Å². The predicted octanol–water partition coefficient (Wildman–Crippen LogP) is 3.55. The SMILES string of the molecule is Cc1nc(-n2cc(C(F)(F)F)ccc2=O)sc1C(=O)NCc1ccccc1. The Morgan fingerprint density at radius 1 is 1.19 bits per heavy atom. The fraction of sp³-hybridized carbons (Fsp3) is 0.167. The summed E-state index contributed by atoms with van der Waals surface area (Å²) in [6, 6.07) is 10.8. The van der Waals surface area contributed by atoms with E-state index in [9.17, 15) is 22.8 Å². The highest BCUT2D eigenvalue weighted by Crippen LogP contribution is 2.29. The average Bonchev–Trinajstić information content (AvgIpc) is 3.01. The zero-order valence-electron chi connectivity index (χ0n) is 14.1.